The molecule has 0 amide bonds. The molecule has 0 spiro atoms. The van der Waals surface area contributed by atoms with Gasteiger partial charge in [-0.15, -0.1) is 0 Å². The lowest BCUT2D eigenvalue weighted by molar-refractivity contribution is 0.337. The van der Waals surface area contributed by atoms with Crippen molar-refractivity contribution in [3.63, 3.8) is 0 Å². The van der Waals surface area contributed by atoms with Crippen LogP contribution in [-0.2, 0) is 10.1 Å². The van der Waals surface area contributed by atoms with E-state index in [0.717, 1.165) is 0 Å². The number of nitrogen functional groups attached to an aromatic ring is 1. The van der Waals surface area contributed by atoms with E-state index in [1.54, 1.807) is 24.3 Å². The summed E-state index contributed by atoms with van der Waals surface area (Å²) >= 11 is 0. The van der Waals surface area contributed by atoms with Crippen molar-refractivity contribution < 1.29 is 17.7 Å². The number of nitrogens with two attached hydrogens (primary N) is 1. The number of anilines is 1. The number of hydrogen-bond donors (Lipinski definition) is 2. The molecule has 0 aliphatic carbocycles. The van der Waals surface area contributed by atoms with E-state index in [9.17, 15) is 8.42 Å². The molecule has 6 heteroatoms. The molecule has 0 aromatic heterocycles. The van der Waals surface area contributed by atoms with E-state index >= 15 is 0 Å². The van der Waals surface area contributed by atoms with Crippen molar-refractivity contribution >= 4 is 15.8 Å². The zero-order chi connectivity index (χ0) is 10.6. The first-order chi connectivity index (χ1) is 6.49. The van der Waals surface area contributed by atoms with Crippen molar-refractivity contribution in [3.05, 3.63) is 24.3 Å². The number of hydrogen-bond acceptors (Lipinski definition) is 4. The van der Waals surface area contributed by atoms with Crippen LogP contribution < -0.4 is 10.5 Å². The average molecular weight is 217 g/mol. The van der Waals surface area contributed by atoms with Gasteiger partial charge in [-0.3, -0.25) is 4.55 Å². The Hall–Kier alpha value is -1.27. The van der Waals surface area contributed by atoms with Gasteiger partial charge in [0.15, 0.2) is 0 Å². The minimum atomic E-state index is -3.97. The maximum atomic E-state index is 10.4. The molecule has 78 valence electrons. The summed E-state index contributed by atoms with van der Waals surface area (Å²) in [5.41, 5.74) is 5.97. The van der Waals surface area contributed by atoms with Gasteiger partial charge in [0.25, 0.3) is 10.1 Å². The van der Waals surface area contributed by atoms with E-state index in [0.29, 0.717) is 11.4 Å². The number of benzene rings is 1. The first kappa shape index (κ1) is 10.8. The molecule has 0 radical (unpaired) electrons. The first-order valence-corrected chi connectivity index (χ1v) is 5.52. The smallest absolute Gasteiger partial charge is 0.268 e. The number of para-hydroxylation sites is 2. The van der Waals surface area contributed by atoms with Gasteiger partial charge in [-0.05, 0) is 12.1 Å². The summed E-state index contributed by atoms with van der Waals surface area (Å²) in [7, 11) is -3.97. The van der Waals surface area contributed by atoms with Crippen LogP contribution in [0.4, 0.5) is 5.69 Å². The molecule has 5 nitrogen and oxygen atoms in total. The molecule has 0 bridgehead atoms. The maximum absolute atomic E-state index is 10.4. The van der Waals surface area contributed by atoms with Crippen LogP contribution in [0.15, 0.2) is 24.3 Å². The topological polar surface area (TPSA) is 89.6 Å². The largest absolute Gasteiger partial charge is 0.490 e. The van der Waals surface area contributed by atoms with Gasteiger partial charge < -0.3 is 10.5 Å². The average Bonchev–Trinajstić information content (AvgIpc) is 2.06. The summed E-state index contributed by atoms with van der Waals surface area (Å²) in [6.45, 7) is -0.118. The van der Waals surface area contributed by atoms with Crippen LogP contribution >= 0.6 is 0 Å². The summed E-state index contributed by atoms with van der Waals surface area (Å²) in [6, 6.07) is 6.73. The summed E-state index contributed by atoms with van der Waals surface area (Å²) in [4.78, 5) is 0. The standard InChI is InChI=1S/C8H11NO4S/c9-7-3-1-2-4-8(7)13-5-6-14(10,11)12/h1-4H,5-6,9H2,(H,10,11,12). The van der Waals surface area contributed by atoms with Crippen LogP contribution in [0.25, 0.3) is 0 Å². The van der Waals surface area contributed by atoms with Crippen LogP contribution in [0.1, 0.15) is 0 Å². The Bertz CT molecular complexity index is 402. The Morgan fingerprint density at radius 1 is 1.36 bits per heavy atom. The second-order valence-electron chi connectivity index (χ2n) is 2.67. The Kier molecular flexibility index (Phi) is 3.32. The highest BCUT2D eigenvalue weighted by Gasteiger charge is 2.05. The number of rotatable bonds is 4. The molecule has 0 saturated carbocycles. The third-order valence-corrected chi connectivity index (χ3v) is 2.20. The Morgan fingerprint density at radius 2 is 2.00 bits per heavy atom. The zero-order valence-electron chi connectivity index (χ0n) is 7.38. The molecule has 1 rings (SSSR count). The highest BCUT2D eigenvalue weighted by atomic mass is 32.2. The lowest BCUT2D eigenvalue weighted by Gasteiger charge is -2.06. The molecule has 1 aromatic rings. The predicted octanol–water partition coefficient (Wildman–Crippen LogP) is 0.535. The Balaban J connectivity index is 2.51. The first-order valence-electron chi connectivity index (χ1n) is 3.91. The van der Waals surface area contributed by atoms with Crippen molar-refractivity contribution in [1.29, 1.82) is 0 Å². The fourth-order valence-electron chi connectivity index (χ4n) is 0.869. The van der Waals surface area contributed by atoms with E-state index < -0.39 is 15.9 Å². The van der Waals surface area contributed by atoms with Gasteiger partial charge in [0.1, 0.15) is 18.1 Å². The maximum Gasteiger partial charge on any atom is 0.268 e. The number of ether oxygens (including phenoxy) is 1. The molecule has 0 heterocycles. The van der Waals surface area contributed by atoms with Crippen molar-refractivity contribution in [2.45, 2.75) is 0 Å². The summed E-state index contributed by atoms with van der Waals surface area (Å²) in [6.07, 6.45) is 0. The molecular formula is C8H11NO4S. The van der Waals surface area contributed by atoms with Crippen molar-refractivity contribution in [3.8, 4) is 5.75 Å². The molecule has 0 atom stereocenters. The quantitative estimate of drug-likeness (QED) is 0.567. The highest BCUT2D eigenvalue weighted by Crippen LogP contribution is 2.19. The lowest BCUT2D eigenvalue weighted by Crippen LogP contribution is -2.13. The Morgan fingerprint density at radius 3 is 2.57 bits per heavy atom. The van der Waals surface area contributed by atoms with Crippen LogP contribution in [0.3, 0.4) is 0 Å². The van der Waals surface area contributed by atoms with Crippen LogP contribution in [0.5, 0.6) is 5.75 Å². The van der Waals surface area contributed by atoms with Crippen LogP contribution in [0.2, 0.25) is 0 Å². The molecule has 1 aromatic carbocycles. The van der Waals surface area contributed by atoms with Gasteiger partial charge in [0.05, 0.1) is 5.69 Å². The predicted molar refractivity (Wildman–Crippen MR) is 52.8 cm³/mol. The van der Waals surface area contributed by atoms with E-state index in [2.05, 4.69) is 0 Å². The Labute approximate surface area is 82.2 Å². The van der Waals surface area contributed by atoms with Crippen molar-refractivity contribution in [2.24, 2.45) is 0 Å². The van der Waals surface area contributed by atoms with Gasteiger partial charge in [0.2, 0.25) is 0 Å². The third kappa shape index (κ3) is 3.63. The molecule has 0 aliphatic heterocycles. The van der Waals surface area contributed by atoms with Crippen molar-refractivity contribution in [2.75, 3.05) is 18.1 Å². The van der Waals surface area contributed by atoms with Crippen molar-refractivity contribution in [1.82, 2.24) is 0 Å². The third-order valence-electron chi connectivity index (χ3n) is 1.52. The van der Waals surface area contributed by atoms with E-state index in [1.165, 1.54) is 0 Å². The second kappa shape index (κ2) is 4.30. The van der Waals surface area contributed by atoms with Gasteiger partial charge >= 0.3 is 0 Å². The molecule has 14 heavy (non-hydrogen) atoms. The minimum absolute atomic E-state index is 0.118. The molecule has 0 saturated heterocycles. The molecule has 0 unspecified atom stereocenters. The molecular weight excluding hydrogens is 206 g/mol. The minimum Gasteiger partial charge on any atom is -0.490 e. The summed E-state index contributed by atoms with van der Waals surface area (Å²) in [5.74, 6) is -0.0300. The van der Waals surface area contributed by atoms with E-state index in [4.69, 9.17) is 15.0 Å². The highest BCUT2D eigenvalue weighted by molar-refractivity contribution is 7.85. The van der Waals surface area contributed by atoms with E-state index in [-0.39, 0.29) is 6.61 Å². The SMILES string of the molecule is Nc1ccccc1OCCS(=O)(=O)O. The van der Waals surface area contributed by atoms with Gasteiger partial charge in [0, 0.05) is 0 Å². The normalized spacial score (nSPS) is 11.2. The molecule has 0 aliphatic rings. The zero-order valence-corrected chi connectivity index (χ0v) is 8.20. The van der Waals surface area contributed by atoms with Gasteiger partial charge in [-0.2, -0.15) is 8.42 Å². The summed E-state index contributed by atoms with van der Waals surface area (Å²) < 4.78 is 34.2. The molecule has 0 fully saturated rings. The second-order valence-corrected chi connectivity index (χ2v) is 4.24. The van der Waals surface area contributed by atoms with Gasteiger partial charge in [-0.25, -0.2) is 0 Å². The van der Waals surface area contributed by atoms with Crippen LogP contribution in [-0.4, -0.2) is 25.3 Å². The van der Waals surface area contributed by atoms with E-state index in [1.807, 2.05) is 0 Å². The monoisotopic (exact) mass is 217 g/mol. The fourth-order valence-corrected chi connectivity index (χ4v) is 1.16. The lowest BCUT2D eigenvalue weighted by atomic mass is 10.3. The molecule has 3 N–H and O–H groups in total. The fraction of sp³-hybridized carbons (Fsp3) is 0.250. The summed E-state index contributed by atoms with van der Waals surface area (Å²) in [5, 5.41) is 0. The van der Waals surface area contributed by atoms with Gasteiger partial charge in [-0.1, -0.05) is 12.1 Å². The van der Waals surface area contributed by atoms with Crippen LogP contribution in [0, 0.1) is 0 Å².